The molecule has 1 atom stereocenters. The highest BCUT2D eigenvalue weighted by molar-refractivity contribution is 5.79. The summed E-state index contributed by atoms with van der Waals surface area (Å²) in [5, 5.41) is 7.38. The van der Waals surface area contributed by atoms with Gasteiger partial charge in [0.05, 0.1) is 13.5 Å². The molecule has 1 fully saturated rings. The number of likely N-dealkylation sites (tertiary alicyclic amines) is 1. The van der Waals surface area contributed by atoms with E-state index in [0.717, 1.165) is 42.1 Å². The molecule has 1 aliphatic heterocycles. The Bertz CT molecular complexity index is 923. The predicted molar refractivity (Wildman–Crippen MR) is 105 cm³/mol. The van der Waals surface area contributed by atoms with Crippen molar-refractivity contribution in [3.63, 3.8) is 0 Å². The second-order valence-electron chi connectivity index (χ2n) is 6.99. The Morgan fingerprint density at radius 1 is 1.29 bits per heavy atom. The zero-order chi connectivity index (χ0) is 19.3. The van der Waals surface area contributed by atoms with Crippen molar-refractivity contribution in [2.45, 2.75) is 25.2 Å². The molecule has 1 unspecified atom stereocenters. The maximum atomic E-state index is 12.8. The van der Waals surface area contributed by atoms with Gasteiger partial charge in [0.15, 0.2) is 5.82 Å². The minimum Gasteiger partial charge on any atom is -0.497 e. The summed E-state index contributed by atoms with van der Waals surface area (Å²) in [4.78, 5) is 23.5. The highest BCUT2D eigenvalue weighted by Crippen LogP contribution is 2.26. The van der Waals surface area contributed by atoms with Crippen LogP contribution in [0.1, 0.15) is 30.1 Å². The number of aromatic nitrogens is 4. The summed E-state index contributed by atoms with van der Waals surface area (Å²) < 4.78 is 5.17. The maximum absolute atomic E-state index is 12.8. The summed E-state index contributed by atoms with van der Waals surface area (Å²) in [5.41, 5.74) is 1.87. The molecule has 144 valence electrons. The van der Waals surface area contributed by atoms with Crippen LogP contribution in [-0.2, 0) is 11.2 Å². The molecule has 1 N–H and O–H groups in total. The van der Waals surface area contributed by atoms with Crippen molar-refractivity contribution in [2.75, 3.05) is 20.2 Å². The largest absolute Gasteiger partial charge is 0.497 e. The highest BCUT2D eigenvalue weighted by atomic mass is 16.5. The molecule has 0 bridgehead atoms. The van der Waals surface area contributed by atoms with E-state index in [0.29, 0.717) is 18.8 Å². The van der Waals surface area contributed by atoms with E-state index in [1.807, 2.05) is 41.3 Å². The van der Waals surface area contributed by atoms with Crippen molar-refractivity contribution in [1.29, 1.82) is 0 Å². The van der Waals surface area contributed by atoms with Gasteiger partial charge in [-0.3, -0.25) is 14.9 Å². The van der Waals surface area contributed by atoms with Crippen LogP contribution in [-0.4, -0.2) is 51.2 Å². The SMILES string of the molecule is COc1ccc(CC(=O)N2CCCC(c3nc(-c4cccnc4)n[nH]3)C2)cc1. The van der Waals surface area contributed by atoms with Crippen molar-refractivity contribution in [1.82, 2.24) is 25.1 Å². The molecule has 7 heteroatoms. The lowest BCUT2D eigenvalue weighted by Gasteiger charge is -2.31. The Labute approximate surface area is 163 Å². The van der Waals surface area contributed by atoms with Crippen LogP contribution in [0.15, 0.2) is 48.8 Å². The molecule has 0 saturated carbocycles. The van der Waals surface area contributed by atoms with Gasteiger partial charge in [-0.25, -0.2) is 4.98 Å². The first-order chi connectivity index (χ1) is 13.7. The molecule has 28 heavy (non-hydrogen) atoms. The summed E-state index contributed by atoms with van der Waals surface area (Å²) in [7, 11) is 1.64. The number of aromatic amines is 1. The Hall–Kier alpha value is -3.22. The third-order valence-corrected chi connectivity index (χ3v) is 5.10. The Kier molecular flexibility index (Phi) is 5.32. The average molecular weight is 377 g/mol. The van der Waals surface area contributed by atoms with Crippen molar-refractivity contribution < 1.29 is 9.53 Å². The molecule has 0 aliphatic carbocycles. The van der Waals surface area contributed by atoms with Crippen LogP contribution in [0.2, 0.25) is 0 Å². The number of H-pyrrole nitrogens is 1. The molecule has 7 nitrogen and oxygen atoms in total. The van der Waals surface area contributed by atoms with Crippen LogP contribution in [0.5, 0.6) is 5.75 Å². The summed E-state index contributed by atoms with van der Waals surface area (Å²) in [6.07, 6.45) is 5.83. The van der Waals surface area contributed by atoms with Crippen LogP contribution in [0.25, 0.3) is 11.4 Å². The monoisotopic (exact) mass is 377 g/mol. The van der Waals surface area contributed by atoms with Crippen LogP contribution in [0, 0.1) is 0 Å². The third kappa shape index (κ3) is 4.03. The van der Waals surface area contributed by atoms with E-state index in [4.69, 9.17) is 4.74 Å². The summed E-state index contributed by atoms with van der Waals surface area (Å²) in [5.74, 6) is 2.59. The number of piperidine rings is 1. The van der Waals surface area contributed by atoms with Gasteiger partial charge in [-0.1, -0.05) is 12.1 Å². The number of nitrogens with one attached hydrogen (secondary N) is 1. The summed E-state index contributed by atoms with van der Waals surface area (Å²) in [6.45, 7) is 1.45. The lowest BCUT2D eigenvalue weighted by Crippen LogP contribution is -2.40. The van der Waals surface area contributed by atoms with Crippen molar-refractivity contribution in [2.24, 2.45) is 0 Å². The van der Waals surface area contributed by atoms with Crippen LogP contribution in [0.3, 0.4) is 0 Å². The predicted octanol–water partition coefficient (Wildman–Crippen LogP) is 2.82. The number of nitrogens with zero attached hydrogens (tertiary/aromatic N) is 4. The molecule has 0 spiro atoms. The van der Waals surface area contributed by atoms with Gasteiger partial charge in [-0.05, 0) is 42.7 Å². The highest BCUT2D eigenvalue weighted by Gasteiger charge is 2.27. The fourth-order valence-electron chi connectivity index (χ4n) is 3.54. The van der Waals surface area contributed by atoms with Gasteiger partial charge in [0, 0.05) is 37.0 Å². The van der Waals surface area contributed by atoms with Gasteiger partial charge >= 0.3 is 0 Å². The first-order valence-electron chi connectivity index (χ1n) is 9.46. The smallest absolute Gasteiger partial charge is 0.227 e. The topological polar surface area (TPSA) is 84.0 Å². The fraction of sp³-hybridized carbons (Fsp3) is 0.333. The first-order valence-corrected chi connectivity index (χ1v) is 9.46. The van der Waals surface area contributed by atoms with Crippen LogP contribution < -0.4 is 4.74 Å². The molecule has 1 amide bonds. The summed E-state index contributed by atoms with van der Waals surface area (Å²) >= 11 is 0. The van der Waals surface area contributed by atoms with E-state index in [2.05, 4.69) is 20.2 Å². The number of amides is 1. The van der Waals surface area contributed by atoms with Gasteiger partial charge in [0.2, 0.25) is 5.91 Å². The molecule has 0 radical (unpaired) electrons. The van der Waals surface area contributed by atoms with Gasteiger partial charge in [0.25, 0.3) is 0 Å². The number of rotatable bonds is 5. The minimum atomic E-state index is 0.141. The normalized spacial score (nSPS) is 16.8. The van der Waals surface area contributed by atoms with Crippen LogP contribution in [0.4, 0.5) is 0 Å². The van der Waals surface area contributed by atoms with E-state index >= 15 is 0 Å². The molecule has 4 rings (SSSR count). The number of carbonyl (C=O) groups excluding carboxylic acids is 1. The first kappa shape index (κ1) is 18.2. The number of carbonyl (C=O) groups is 1. The van der Waals surface area contributed by atoms with E-state index in [1.165, 1.54) is 0 Å². The van der Waals surface area contributed by atoms with Gasteiger partial charge in [-0.15, -0.1) is 0 Å². The van der Waals surface area contributed by atoms with Gasteiger partial charge < -0.3 is 9.64 Å². The number of hydrogen-bond acceptors (Lipinski definition) is 5. The van der Waals surface area contributed by atoms with E-state index in [1.54, 1.807) is 19.5 Å². The second-order valence-corrected chi connectivity index (χ2v) is 6.99. The van der Waals surface area contributed by atoms with E-state index in [9.17, 15) is 4.79 Å². The van der Waals surface area contributed by atoms with Crippen molar-refractivity contribution in [3.8, 4) is 17.1 Å². The summed E-state index contributed by atoms with van der Waals surface area (Å²) in [6, 6.07) is 11.5. The number of pyridine rings is 1. The maximum Gasteiger partial charge on any atom is 0.227 e. The fourth-order valence-corrected chi connectivity index (χ4v) is 3.54. The molecule has 1 saturated heterocycles. The zero-order valence-electron chi connectivity index (χ0n) is 15.8. The lowest BCUT2D eigenvalue weighted by atomic mass is 9.96. The number of methoxy groups -OCH3 is 1. The zero-order valence-corrected chi connectivity index (χ0v) is 15.8. The molecule has 3 aromatic rings. The van der Waals surface area contributed by atoms with Gasteiger partial charge in [0.1, 0.15) is 11.6 Å². The van der Waals surface area contributed by atoms with Crippen molar-refractivity contribution in [3.05, 3.63) is 60.2 Å². The van der Waals surface area contributed by atoms with Gasteiger partial charge in [-0.2, -0.15) is 5.10 Å². The number of hydrogen-bond donors (Lipinski definition) is 1. The standard InChI is InChI=1S/C21H23N5O2/c1-28-18-8-6-15(7-9-18)12-19(27)26-11-3-5-17(14-26)21-23-20(24-25-21)16-4-2-10-22-13-16/h2,4,6-10,13,17H,3,5,11-12,14H2,1H3,(H,23,24,25). The lowest BCUT2D eigenvalue weighted by molar-refractivity contribution is -0.131. The molecule has 1 aromatic carbocycles. The Morgan fingerprint density at radius 2 is 2.14 bits per heavy atom. The number of ether oxygens (including phenoxy) is 1. The second kappa shape index (κ2) is 8.21. The Balaban J connectivity index is 1.41. The Morgan fingerprint density at radius 3 is 2.89 bits per heavy atom. The van der Waals surface area contributed by atoms with Crippen LogP contribution >= 0.6 is 0 Å². The van der Waals surface area contributed by atoms with Crippen molar-refractivity contribution >= 4 is 5.91 Å². The van der Waals surface area contributed by atoms with E-state index < -0.39 is 0 Å². The number of benzene rings is 1. The molecule has 3 heterocycles. The third-order valence-electron chi connectivity index (χ3n) is 5.10. The molecule has 1 aliphatic rings. The average Bonchev–Trinajstić information content (AvgIpc) is 3.25. The minimum absolute atomic E-state index is 0.141. The van der Waals surface area contributed by atoms with E-state index in [-0.39, 0.29) is 11.8 Å². The quantitative estimate of drug-likeness (QED) is 0.739. The molecular weight excluding hydrogens is 354 g/mol. The molecule has 2 aromatic heterocycles. The molecular formula is C21H23N5O2.